The van der Waals surface area contributed by atoms with Crippen LogP contribution in [0.3, 0.4) is 0 Å². The predicted molar refractivity (Wildman–Crippen MR) is 69.9 cm³/mol. The van der Waals surface area contributed by atoms with E-state index in [1.54, 1.807) is 0 Å². The Morgan fingerprint density at radius 1 is 1.50 bits per heavy atom. The van der Waals surface area contributed by atoms with E-state index in [1.807, 2.05) is 19.9 Å². The number of nitrogens with one attached hydrogen (secondary N) is 1. The van der Waals surface area contributed by atoms with E-state index in [-0.39, 0.29) is 16.2 Å². The standard InChI is InChI=1S/C11H16N2O3S2/c1-8(2)10(7-16-3)13-18(14,15)11-5-4-9(6-12)17-11/h4-5,8,10,13H,7H2,1-3H3. The van der Waals surface area contributed by atoms with Gasteiger partial charge in [0.15, 0.2) is 0 Å². The third kappa shape index (κ3) is 3.78. The smallest absolute Gasteiger partial charge is 0.250 e. The van der Waals surface area contributed by atoms with Crippen LogP contribution in [0.15, 0.2) is 16.3 Å². The van der Waals surface area contributed by atoms with Gasteiger partial charge in [0, 0.05) is 13.2 Å². The van der Waals surface area contributed by atoms with Gasteiger partial charge in [0.25, 0.3) is 0 Å². The van der Waals surface area contributed by atoms with Gasteiger partial charge in [-0.1, -0.05) is 13.8 Å². The van der Waals surface area contributed by atoms with Crippen LogP contribution in [0.2, 0.25) is 0 Å². The average Bonchev–Trinajstić information content (AvgIpc) is 2.77. The number of ether oxygens (including phenoxy) is 1. The molecular formula is C11H16N2O3S2. The normalized spacial score (nSPS) is 13.5. The Balaban J connectivity index is 2.90. The number of nitrogens with zero attached hydrogens (tertiary/aromatic N) is 1. The zero-order chi connectivity index (χ0) is 13.8. The van der Waals surface area contributed by atoms with Crippen LogP contribution in [0.1, 0.15) is 18.7 Å². The van der Waals surface area contributed by atoms with Crippen LogP contribution >= 0.6 is 11.3 Å². The highest BCUT2D eigenvalue weighted by atomic mass is 32.2. The fourth-order valence-electron chi connectivity index (χ4n) is 1.32. The van der Waals surface area contributed by atoms with E-state index in [2.05, 4.69) is 4.72 Å². The molecule has 1 atom stereocenters. The molecule has 0 fully saturated rings. The van der Waals surface area contributed by atoms with E-state index in [9.17, 15) is 8.42 Å². The summed E-state index contributed by atoms with van der Waals surface area (Å²) in [4.78, 5) is 0.378. The van der Waals surface area contributed by atoms with Gasteiger partial charge in [0.1, 0.15) is 15.2 Å². The number of rotatable bonds is 6. The summed E-state index contributed by atoms with van der Waals surface area (Å²) in [5.74, 6) is 0.120. The summed E-state index contributed by atoms with van der Waals surface area (Å²) in [6.07, 6.45) is 0. The first kappa shape index (κ1) is 15.1. The van der Waals surface area contributed by atoms with Crippen molar-refractivity contribution in [3.8, 4) is 6.07 Å². The summed E-state index contributed by atoms with van der Waals surface area (Å²) in [6, 6.07) is 4.58. The maximum atomic E-state index is 12.1. The SMILES string of the molecule is COCC(NS(=O)(=O)c1ccc(C#N)s1)C(C)C. The Kier molecular flexibility index (Phi) is 5.28. The van der Waals surface area contributed by atoms with Gasteiger partial charge in [0.05, 0.1) is 6.61 Å². The molecule has 100 valence electrons. The minimum absolute atomic E-state index is 0.120. The van der Waals surface area contributed by atoms with Crippen molar-refractivity contribution in [3.63, 3.8) is 0 Å². The maximum absolute atomic E-state index is 12.1. The molecule has 0 bridgehead atoms. The van der Waals surface area contributed by atoms with Crippen molar-refractivity contribution in [2.24, 2.45) is 5.92 Å². The monoisotopic (exact) mass is 288 g/mol. The van der Waals surface area contributed by atoms with Crippen molar-refractivity contribution in [3.05, 3.63) is 17.0 Å². The summed E-state index contributed by atoms with van der Waals surface area (Å²) in [5.41, 5.74) is 0. The second-order valence-corrected chi connectivity index (χ2v) is 7.18. The van der Waals surface area contributed by atoms with E-state index in [1.165, 1.54) is 19.2 Å². The van der Waals surface area contributed by atoms with Gasteiger partial charge in [-0.15, -0.1) is 11.3 Å². The highest BCUT2D eigenvalue weighted by Crippen LogP contribution is 2.21. The molecule has 1 N–H and O–H groups in total. The first-order valence-electron chi connectivity index (χ1n) is 5.42. The molecule has 0 aliphatic carbocycles. The molecule has 1 rings (SSSR count). The average molecular weight is 288 g/mol. The van der Waals surface area contributed by atoms with Crippen molar-refractivity contribution in [1.82, 2.24) is 4.72 Å². The lowest BCUT2D eigenvalue weighted by Gasteiger charge is -2.20. The lowest BCUT2D eigenvalue weighted by atomic mass is 10.1. The van der Waals surface area contributed by atoms with Crippen LogP contribution < -0.4 is 4.72 Å². The molecule has 7 heteroatoms. The molecule has 0 saturated heterocycles. The molecule has 1 aromatic heterocycles. The molecule has 0 amide bonds. The first-order chi connectivity index (χ1) is 8.40. The number of methoxy groups -OCH3 is 1. The van der Waals surface area contributed by atoms with E-state index in [0.29, 0.717) is 11.5 Å². The molecule has 0 aliphatic heterocycles. The maximum Gasteiger partial charge on any atom is 0.250 e. The summed E-state index contributed by atoms with van der Waals surface area (Å²) in [5, 5.41) is 8.70. The van der Waals surface area contributed by atoms with Gasteiger partial charge in [-0.05, 0) is 18.1 Å². The van der Waals surface area contributed by atoms with Gasteiger partial charge in [0.2, 0.25) is 10.0 Å². The summed E-state index contributed by atoms with van der Waals surface area (Å²) in [6.45, 7) is 4.15. The highest BCUT2D eigenvalue weighted by Gasteiger charge is 2.23. The fraction of sp³-hybridized carbons (Fsp3) is 0.545. The third-order valence-electron chi connectivity index (χ3n) is 2.41. The van der Waals surface area contributed by atoms with Gasteiger partial charge < -0.3 is 4.74 Å². The zero-order valence-electron chi connectivity index (χ0n) is 10.5. The molecule has 5 nitrogen and oxygen atoms in total. The molecule has 0 aromatic carbocycles. The van der Waals surface area contributed by atoms with E-state index < -0.39 is 10.0 Å². The van der Waals surface area contributed by atoms with Crippen molar-refractivity contribution in [1.29, 1.82) is 5.26 Å². The van der Waals surface area contributed by atoms with Gasteiger partial charge in [-0.3, -0.25) is 0 Å². The van der Waals surface area contributed by atoms with Crippen molar-refractivity contribution >= 4 is 21.4 Å². The number of nitriles is 1. The number of hydrogen-bond acceptors (Lipinski definition) is 5. The van der Waals surface area contributed by atoms with Crippen LogP contribution in [-0.2, 0) is 14.8 Å². The minimum Gasteiger partial charge on any atom is -0.383 e. The molecule has 0 spiro atoms. The number of sulfonamides is 1. The Morgan fingerprint density at radius 3 is 2.61 bits per heavy atom. The summed E-state index contributed by atoms with van der Waals surface area (Å²) >= 11 is 0.959. The minimum atomic E-state index is -3.58. The van der Waals surface area contributed by atoms with Crippen molar-refractivity contribution in [2.45, 2.75) is 24.1 Å². The number of thiophene rings is 1. The van der Waals surface area contributed by atoms with Crippen LogP contribution in [0.4, 0.5) is 0 Å². The Hall–Kier alpha value is -0.940. The number of hydrogen-bond donors (Lipinski definition) is 1. The van der Waals surface area contributed by atoms with Crippen LogP contribution in [0.25, 0.3) is 0 Å². The predicted octanol–water partition coefficient (Wildman–Crippen LogP) is 1.57. The Labute approximate surface area is 111 Å². The van der Waals surface area contributed by atoms with E-state index >= 15 is 0 Å². The second-order valence-electron chi connectivity index (χ2n) is 4.16. The quantitative estimate of drug-likeness (QED) is 0.861. The first-order valence-corrected chi connectivity index (χ1v) is 7.72. The molecular weight excluding hydrogens is 272 g/mol. The van der Waals surface area contributed by atoms with E-state index in [0.717, 1.165) is 11.3 Å². The Morgan fingerprint density at radius 2 is 2.17 bits per heavy atom. The lowest BCUT2D eigenvalue weighted by molar-refractivity contribution is 0.157. The largest absolute Gasteiger partial charge is 0.383 e. The van der Waals surface area contributed by atoms with Gasteiger partial charge in [-0.2, -0.15) is 5.26 Å². The van der Waals surface area contributed by atoms with Crippen LogP contribution in [0.5, 0.6) is 0 Å². The van der Waals surface area contributed by atoms with Crippen molar-refractivity contribution in [2.75, 3.05) is 13.7 Å². The molecule has 0 aliphatic rings. The fourth-order valence-corrected chi connectivity index (χ4v) is 3.81. The molecule has 0 radical (unpaired) electrons. The molecule has 0 saturated carbocycles. The summed E-state index contributed by atoms with van der Waals surface area (Å²) in [7, 11) is -2.05. The van der Waals surface area contributed by atoms with E-state index in [4.69, 9.17) is 10.00 Å². The molecule has 1 heterocycles. The van der Waals surface area contributed by atoms with Crippen molar-refractivity contribution < 1.29 is 13.2 Å². The third-order valence-corrected chi connectivity index (χ3v) is 5.39. The zero-order valence-corrected chi connectivity index (χ0v) is 12.1. The molecule has 18 heavy (non-hydrogen) atoms. The molecule has 1 unspecified atom stereocenters. The molecule has 1 aromatic rings. The topological polar surface area (TPSA) is 79.2 Å². The van der Waals surface area contributed by atoms with Crippen LogP contribution in [-0.4, -0.2) is 28.2 Å². The van der Waals surface area contributed by atoms with Gasteiger partial charge >= 0.3 is 0 Å². The summed E-state index contributed by atoms with van der Waals surface area (Å²) < 4.78 is 31.9. The lowest BCUT2D eigenvalue weighted by Crippen LogP contribution is -2.41. The second kappa shape index (κ2) is 6.29. The highest BCUT2D eigenvalue weighted by molar-refractivity contribution is 7.91. The Bertz CT molecular complexity index is 529. The van der Waals surface area contributed by atoms with Gasteiger partial charge in [-0.25, -0.2) is 13.1 Å². The van der Waals surface area contributed by atoms with Crippen LogP contribution in [0, 0.1) is 17.2 Å².